The molecule has 6 rings (SSSR count). The van der Waals surface area contributed by atoms with Gasteiger partial charge in [0.25, 0.3) is 0 Å². The van der Waals surface area contributed by atoms with Crippen molar-refractivity contribution in [3.63, 3.8) is 0 Å². The highest BCUT2D eigenvalue weighted by molar-refractivity contribution is 5.83. The summed E-state index contributed by atoms with van der Waals surface area (Å²) < 4.78 is 5.57. The molecule has 4 bridgehead atoms. The van der Waals surface area contributed by atoms with E-state index in [1.54, 1.807) is 0 Å². The first-order valence-corrected chi connectivity index (χ1v) is 11.3. The zero-order valence-corrected chi connectivity index (χ0v) is 17.2. The van der Waals surface area contributed by atoms with Crippen molar-refractivity contribution < 1.29 is 9.53 Å². The van der Waals surface area contributed by atoms with Gasteiger partial charge in [-0.15, -0.1) is 0 Å². The highest BCUT2D eigenvalue weighted by Gasteiger charge is 2.54. The molecule has 28 heavy (non-hydrogen) atoms. The van der Waals surface area contributed by atoms with Crippen LogP contribution in [0.25, 0.3) is 0 Å². The summed E-state index contributed by atoms with van der Waals surface area (Å²) in [4.78, 5) is 15.9. The third kappa shape index (κ3) is 3.50. The predicted molar refractivity (Wildman–Crippen MR) is 110 cm³/mol. The van der Waals surface area contributed by atoms with E-state index in [1.807, 2.05) is 0 Å². The standard InChI is InChI=1S/C24H34N2O2/c1-17-3-2-4-21(9-17)22(26-5-7-28-8-6-26)16-25-23(27)24-13-18-10-19(14-24)12-20(11-18)15-24/h2-4,9,18-20,22H,5-8,10-16H2,1H3,(H,25,27). The van der Waals surface area contributed by atoms with Crippen molar-refractivity contribution in [2.24, 2.45) is 23.2 Å². The molecule has 0 radical (unpaired) electrons. The van der Waals surface area contributed by atoms with Gasteiger partial charge in [-0.2, -0.15) is 0 Å². The first-order valence-electron chi connectivity index (χ1n) is 11.3. The number of hydrogen-bond acceptors (Lipinski definition) is 3. The topological polar surface area (TPSA) is 41.6 Å². The highest BCUT2D eigenvalue weighted by atomic mass is 16.5. The molecule has 152 valence electrons. The Bertz CT molecular complexity index is 690. The lowest BCUT2D eigenvalue weighted by atomic mass is 9.49. The number of ether oxygens (including phenoxy) is 1. The van der Waals surface area contributed by atoms with Gasteiger partial charge in [0.2, 0.25) is 5.91 Å². The van der Waals surface area contributed by atoms with Gasteiger partial charge in [-0.1, -0.05) is 29.8 Å². The Morgan fingerprint density at radius 3 is 2.39 bits per heavy atom. The molecule has 1 amide bonds. The third-order valence-corrected chi connectivity index (χ3v) is 7.89. The van der Waals surface area contributed by atoms with Gasteiger partial charge in [0.1, 0.15) is 0 Å². The lowest BCUT2D eigenvalue weighted by molar-refractivity contribution is -0.146. The molecule has 5 aliphatic rings. The summed E-state index contributed by atoms with van der Waals surface area (Å²) in [5.41, 5.74) is 2.53. The van der Waals surface area contributed by atoms with E-state index in [0.717, 1.165) is 63.3 Å². The molecule has 1 heterocycles. The van der Waals surface area contributed by atoms with E-state index in [9.17, 15) is 4.79 Å². The van der Waals surface area contributed by atoms with Crippen LogP contribution in [0.1, 0.15) is 55.7 Å². The summed E-state index contributed by atoms with van der Waals surface area (Å²) in [6.07, 6.45) is 7.55. The first-order chi connectivity index (χ1) is 13.6. The van der Waals surface area contributed by atoms with Gasteiger partial charge in [-0.3, -0.25) is 9.69 Å². The second-order valence-electron chi connectivity index (χ2n) is 9.99. The SMILES string of the molecule is Cc1cccc(C(CNC(=O)C23CC4CC(CC(C4)C2)C3)N2CCOCC2)c1. The van der Waals surface area contributed by atoms with Crippen molar-refractivity contribution in [1.29, 1.82) is 0 Å². The zero-order chi connectivity index (χ0) is 19.1. The molecule has 1 aliphatic heterocycles. The molecule has 0 aromatic heterocycles. The van der Waals surface area contributed by atoms with E-state index in [-0.39, 0.29) is 11.5 Å². The van der Waals surface area contributed by atoms with Gasteiger partial charge in [0.05, 0.1) is 19.3 Å². The fourth-order valence-corrected chi connectivity index (χ4v) is 6.99. The summed E-state index contributed by atoms with van der Waals surface area (Å²) in [5.74, 6) is 2.77. The number of rotatable bonds is 5. The van der Waals surface area contributed by atoms with Crippen LogP contribution in [0.15, 0.2) is 24.3 Å². The van der Waals surface area contributed by atoms with Crippen LogP contribution in [0.2, 0.25) is 0 Å². The van der Waals surface area contributed by atoms with Gasteiger partial charge < -0.3 is 10.1 Å². The maximum atomic E-state index is 13.4. The monoisotopic (exact) mass is 382 g/mol. The number of hydrogen-bond donors (Lipinski definition) is 1. The van der Waals surface area contributed by atoms with Gasteiger partial charge in [0.15, 0.2) is 0 Å². The number of carbonyl (C=O) groups is 1. The number of amides is 1. The smallest absolute Gasteiger partial charge is 0.226 e. The fraction of sp³-hybridized carbons (Fsp3) is 0.708. The number of benzene rings is 1. The summed E-state index contributed by atoms with van der Waals surface area (Å²) in [5, 5.41) is 3.43. The second-order valence-corrected chi connectivity index (χ2v) is 9.99. The van der Waals surface area contributed by atoms with E-state index < -0.39 is 0 Å². The van der Waals surface area contributed by atoms with E-state index in [4.69, 9.17) is 4.74 Å². The molecular formula is C24H34N2O2. The summed E-state index contributed by atoms with van der Waals surface area (Å²) >= 11 is 0. The van der Waals surface area contributed by atoms with Crippen molar-refractivity contribution in [1.82, 2.24) is 10.2 Å². The molecule has 5 fully saturated rings. The molecule has 1 saturated heterocycles. The number of aryl methyl sites for hydroxylation is 1. The van der Waals surface area contributed by atoms with Crippen molar-refractivity contribution in [2.75, 3.05) is 32.8 Å². The quantitative estimate of drug-likeness (QED) is 0.844. The highest BCUT2D eigenvalue weighted by Crippen LogP contribution is 2.60. The lowest BCUT2D eigenvalue weighted by Gasteiger charge is -2.55. The van der Waals surface area contributed by atoms with E-state index in [1.165, 1.54) is 30.4 Å². The fourth-order valence-electron chi connectivity index (χ4n) is 6.99. The van der Waals surface area contributed by atoms with Crippen LogP contribution in [-0.4, -0.2) is 43.7 Å². The first kappa shape index (κ1) is 18.6. The Morgan fingerprint density at radius 2 is 1.79 bits per heavy atom. The van der Waals surface area contributed by atoms with Crippen LogP contribution in [0.3, 0.4) is 0 Å². The van der Waals surface area contributed by atoms with Crippen molar-refractivity contribution in [3.8, 4) is 0 Å². The molecule has 4 saturated carbocycles. The van der Waals surface area contributed by atoms with E-state index in [0.29, 0.717) is 12.5 Å². The largest absolute Gasteiger partial charge is 0.379 e. The van der Waals surface area contributed by atoms with Crippen LogP contribution in [0, 0.1) is 30.1 Å². The van der Waals surface area contributed by atoms with Crippen LogP contribution in [0.4, 0.5) is 0 Å². The van der Waals surface area contributed by atoms with E-state index >= 15 is 0 Å². The van der Waals surface area contributed by atoms with Gasteiger partial charge >= 0.3 is 0 Å². The van der Waals surface area contributed by atoms with Gasteiger partial charge in [-0.25, -0.2) is 0 Å². The minimum absolute atomic E-state index is 0.0586. The van der Waals surface area contributed by atoms with Gasteiger partial charge in [-0.05, 0) is 68.8 Å². The number of carbonyl (C=O) groups excluding carboxylic acids is 1. The maximum Gasteiger partial charge on any atom is 0.226 e. The average molecular weight is 383 g/mol. The molecular weight excluding hydrogens is 348 g/mol. The minimum Gasteiger partial charge on any atom is -0.379 e. The Hall–Kier alpha value is -1.39. The second kappa shape index (κ2) is 7.46. The van der Waals surface area contributed by atoms with Gasteiger partial charge in [0, 0.05) is 25.0 Å². The number of morpholine rings is 1. The molecule has 1 unspecified atom stereocenters. The molecule has 0 spiro atoms. The molecule has 1 N–H and O–H groups in total. The van der Waals surface area contributed by atoms with Crippen LogP contribution >= 0.6 is 0 Å². The number of nitrogens with one attached hydrogen (secondary N) is 1. The van der Waals surface area contributed by atoms with Crippen LogP contribution < -0.4 is 5.32 Å². The predicted octanol–water partition coefficient (Wildman–Crippen LogP) is 3.70. The molecule has 1 atom stereocenters. The average Bonchev–Trinajstić information content (AvgIpc) is 2.68. The summed E-state index contributed by atoms with van der Waals surface area (Å²) in [7, 11) is 0. The Kier molecular flexibility index (Phi) is 4.96. The van der Waals surface area contributed by atoms with Crippen molar-refractivity contribution in [3.05, 3.63) is 35.4 Å². The maximum absolute atomic E-state index is 13.4. The van der Waals surface area contributed by atoms with Crippen LogP contribution in [0.5, 0.6) is 0 Å². The lowest BCUT2D eigenvalue weighted by Crippen LogP contribution is -2.54. The molecule has 1 aromatic carbocycles. The minimum atomic E-state index is -0.0586. The normalized spacial score (nSPS) is 35.7. The summed E-state index contributed by atoms with van der Waals surface area (Å²) in [6.45, 7) is 6.30. The Morgan fingerprint density at radius 1 is 1.14 bits per heavy atom. The third-order valence-electron chi connectivity index (χ3n) is 7.89. The van der Waals surface area contributed by atoms with Crippen molar-refractivity contribution >= 4 is 5.91 Å². The summed E-state index contributed by atoms with van der Waals surface area (Å²) in [6, 6.07) is 9.01. The zero-order valence-electron chi connectivity index (χ0n) is 17.2. The molecule has 4 nitrogen and oxygen atoms in total. The van der Waals surface area contributed by atoms with E-state index in [2.05, 4.69) is 41.4 Å². The molecule has 4 aliphatic carbocycles. The molecule has 1 aromatic rings. The Balaban J connectivity index is 1.31. The number of nitrogens with zero attached hydrogens (tertiary/aromatic N) is 1. The molecule has 4 heteroatoms. The van der Waals surface area contributed by atoms with Crippen LogP contribution in [-0.2, 0) is 9.53 Å². The Labute approximate surface area is 169 Å². The van der Waals surface area contributed by atoms with Crippen molar-refractivity contribution in [2.45, 2.75) is 51.5 Å².